The molecule has 0 aromatic carbocycles. The lowest BCUT2D eigenvalue weighted by atomic mass is 10.2. The highest BCUT2D eigenvalue weighted by Gasteiger charge is 2.21. The van der Waals surface area contributed by atoms with Gasteiger partial charge in [0.15, 0.2) is 7.15 Å². The number of nitrogens with one attached hydrogen (secondary N) is 1. The molecule has 0 bridgehead atoms. The Morgan fingerprint density at radius 3 is 2.36 bits per heavy atom. The summed E-state index contributed by atoms with van der Waals surface area (Å²) in [5.41, 5.74) is -0.549. The number of thiol groups is 1. The number of aliphatic carboxylic acids is 1. The second-order valence-corrected chi connectivity index (χ2v) is 12.2. The van der Waals surface area contributed by atoms with Gasteiger partial charge in [0.1, 0.15) is 11.6 Å². The van der Waals surface area contributed by atoms with E-state index in [0.29, 0.717) is 18.1 Å². The molecule has 0 aromatic rings. The van der Waals surface area contributed by atoms with Crippen molar-refractivity contribution in [2.45, 2.75) is 46.3 Å². The van der Waals surface area contributed by atoms with Crippen molar-refractivity contribution in [2.24, 2.45) is 0 Å². The Labute approximate surface area is 135 Å². The molecule has 0 spiro atoms. The van der Waals surface area contributed by atoms with Gasteiger partial charge in [-0.2, -0.15) is 10.5 Å². The van der Waals surface area contributed by atoms with Crippen LogP contribution in [-0.2, 0) is 14.1 Å². The van der Waals surface area contributed by atoms with Crippen LogP contribution in [-0.4, -0.2) is 58.8 Å². The molecule has 1 amide bonds. The highest BCUT2D eigenvalue weighted by atomic mass is 32.8. The third kappa shape index (κ3) is 8.66. The summed E-state index contributed by atoms with van der Waals surface area (Å²) >= 11 is 0. The fraction of sp³-hybridized carbons (Fsp3) is 0.846. The van der Waals surface area contributed by atoms with E-state index in [9.17, 15) is 14.2 Å². The number of rotatable bonds is 8. The fourth-order valence-corrected chi connectivity index (χ4v) is 6.37. The number of carboxylic acid groups (broad SMARTS) is 1. The number of hydrogen-bond acceptors (Lipinski definition) is 4. The second-order valence-electron chi connectivity index (χ2n) is 5.99. The van der Waals surface area contributed by atoms with Crippen LogP contribution in [0, 0.1) is 0 Å². The molecule has 3 atom stereocenters. The summed E-state index contributed by atoms with van der Waals surface area (Å²) in [7, 11) is -1.38. The summed E-state index contributed by atoms with van der Waals surface area (Å²) in [6.45, 7) is 9.23. The van der Waals surface area contributed by atoms with E-state index >= 15 is 0 Å². The molecule has 0 aliphatic rings. The summed E-state index contributed by atoms with van der Waals surface area (Å²) in [6, 6.07) is -0.827. The zero-order chi connectivity index (χ0) is 17.5. The minimum atomic E-state index is -2.17. The van der Waals surface area contributed by atoms with Gasteiger partial charge in [0.05, 0.1) is 0 Å². The average molecular weight is 356 g/mol. The summed E-state index contributed by atoms with van der Waals surface area (Å²) < 4.78 is 17.5. The first-order chi connectivity index (χ1) is 9.97. The second kappa shape index (κ2) is 9.43. The molecule has 132 valence electrons. The molecule has 0 radical (unpaired) electrons. The van der Waals surface area contributed by atoms with Crippen LogP contribution in [0.4, 0.5) is 4.79 Å². The minimum Gasteiger partial charge on any atom is -0.480 e. The number of hydrogen-bond donors (Lipinski definition) is 3. The van der Waals surface area contributed by atoms with Crippen LogP contribution < -0.4 is 5.09 Å². The van der Waals surface area contributed by atoms with E-state index < -0.39 is 41.4 Å². The van der Waals surface area contributed by atoms with Crippen molar-refractivity contribution in [3.63, 3.8) is 0 Å². The van der Waals surface area contributed by atoms with Crippen molar-refractivity contribution in [1.82, 2.24) is 9.99 Å². The van der Waals surface area contributed by atoms with Gasteiger partial charge < -0.3 is 14.7 Å². The predicted molar refractivity (Wildman–Crippen MR) is 92.5 cm³/mol. The Hall–Kier alpha value is -0.720. The first-order valence-electron chi connectivity index (χ1n) is 7.20. The van der Waals surface area contributed by atoms with Crippen molar-refractivity contribution in [3.8, 4) is 0 Å². The maximum atomic E-state index is 12.2. The first-order valence-corrected chi connectivity index (χ1v) is 11.2. The number of nitrogens with zero attached hydrogens (tertiary/aromatic N) is 1. The van der Waals surface area contributed by atoms with E-state index in [1.165, 1.54) is 11.8 Å². The van der Waals surface area contributed by atoms with Gasteiger partial charge in [0, 0.05) is 13.6 Å². The van der Waals surface area contributed by atoms with Crippen LogP contribution in [0.25, 0.3) is 0 Å². The molecule has 22 heavy (non-hydrogen) atoms. The van der Waals surface area contributed by atoms with Crippen LogP contribution in [0.1, 0.15) is 34.6 Å². The predicted octanol–water partition coefficient (Wildman–Crippen LogP) is 2.33. The Morgan fingerprint density at radius 1 is 1.41 bits per heavy atom. The van der Waals surface area contributed by atoms with Gasteiger partial charge in [-0.15, -0.1) is 0 Å². The van der Waals surface area contributed by atoms with Gasteiger partial charge >= 0.3 is 12.1 Å². The van der Waals surface area contributed by atoms with Gasteiger partial charge in [-0.1, -0.05) is 6.92 Å². The maximum Gasteiger partial charge on any atom is 0.410 e. The Morgan fingerprint density at radius 2 is 1.95 bits per heavy atom. The zero-order valence-corrected chi connectivity index (χ0v) is 16.1. The van der Waals surface area contributed by atoms with Crippen LogP contribution in [0.2, 0.25) is 0 Å². The van der Waals surface area contributed by atoms with E-state index in [2.05, 4.69) is 5.09 Å². The number of carbonyl (C=O) groups excluding carboxylic acids is 1. The van der Waals surface area contributed by atoms with Gasteiger partial charge in [0.2, 0.25) is 0 Å². The molecule has 0 rings (SSSR count). The molecule has 2 N–H and O–H groups in total. The standard InChI is InChI=1S/C13H29N2O5PS/c1-7-22(21(19)14-10(2)11(16)17)9-8-15(6)12(18)20-13(3,4)5/h10,21-22H,7-9H2,1-6H3,(H,14,19)(H,16,17)/t10-/m0/s1. The van der Waals surface area contributed by atoms with Crippen molar-refractivity contribution in [3.05, 3.63) is 0 Å². The van der Waals surface area contributed by atoms with Crippen LogP contribution in [0.5, 0.6) is 0 Å². The van der Waals surface area contributed by atoms with Crippen molar-refractivity contribution < 1.29 is 24.0 Å². The summed E-state index contributed by atoms with van der Waals surface area (Å²) in [4.78, 5) is 24.1. The Kier molecular flexibility index (Phi) is 9.12. The lowest BCUT2D eigenvalue weighted by Crippen LogP contribution is -2.35. The molecule has 2 unspecified atom stereocenters. The average Bonchev–Trinajstić information content (AvgIpc) is 2.36. The quantitative estimate of drug-likeness (QED) is 0.456. The van der Waals surface area contributed by atoms with Gasteiger partial charge in [-0.25, -0.2) is 9.88 Å². The smallest absolute Gasteiger partial charge is 0.410 e. The maximum absolute atomic E-state index is 12.2. The molecule has 0 aliphatic heterocycles. The van der Waals surface area contributed by atoms with Gasteiger partial charge in [0.25, 0.3) is 0 Å². The summed E-state index contributed by atoms with van der Waals surface area (Å²) in [5, 5.41) is 11.5. The van der Waals surface area contributed by atoms with E-state index in [1.807, 2.05) is 6.92 Å². The molecular weight excluding hydrogens is 327 g/mol. The topological polar surface area (TPSA) is 95.9 Å². The SMILES string of the molecule is CC[SH](CCN(C)C(=O)OC(C)(C)C)[PH](=O)N[C@@H](C)C(=O)O. The first kappa shape index (κ1) is 21.3. The van der Waals surface area contributed by atoms with E-state index in [1.54, 1.807) is 27.8 Å². The third-order valence-electron chi connectivity index (χ3n) is 2.79. The summed E-state index contributed by atoms with van der Waals surface area (Å²) in [6.07, 6.45) is -0.412. The van der Waals surface area contributed by atoms with Crippen LogP contribution >= 0.6 is 17.7 Å². The van der Waals surface area contributed by atoms with Crippen LogP contribution in [0.15, 0.2) is 0 Å². The number of carbonyl (C=O) groups is 2. The fourth-order valence-electron chi connectivity index (χ4n) is 1.44. The van der Waals surface area contributed by atoms with Gasteiger partial charge in [-0.3, -0.25) is 9.36 Å². The van der Waals surface area contributed by atoms with Crippen molar-refractivity contribution >= 4 is 29.7 Å². The molecule has 0 saturated heterocycles. The molecule has 0 heterocycles. The number of amides is 1. The van der Waals surface area contributed by atoms with Gasteiger partial charge in [-0.05, 0) is 39.2 Å². The van der Waals surface area contributed by atoms with Crippen molar-refractivity contribution in [2.75, 3.05) is 25.1 Å². The minimum absolute atomic E-state index is 0.412. The molecule has 0 saturated carbocycles. The molecule has 0 aliphatic carbocycles. The highest BCUT2D eigenvalue weighted by Crippen LogP contribution is 2.49. The highest BCUT2D eigenvalue weighted by molar-refractivity contribution is 8.62. The van der Waals surface area contributed by atoms with Crippen LogP contribution in [0.3, 0.4) is 0 Å². The number of carboxylic acids is 1. The molecule has 7 nitrogen and oxygen atoms in total. The number of ether oxygens (including phenoxy) is 1. The van der Waals surface area contributed by atoms with Crippen molar-refractivity contribution in [1.29, 1.82) is 0 Å². The third-order valence-corrected chi connectivity index (χ3v) is 9.28. The van der Waals surface area contributed by atoms with E-state index in [-0.39, 0.29) is 0 Å². The lowest BCUT2D eigenvalue weighted by Gasteiger charge is -2.27. The molecule has 9 heteroatoms. The molecular formula is C13H29N2O5PS. The lowest BCUT2D eigenvalue weighted by molar-refractivity contribution is -0.138. The largest absolute Gasteiger partial charge is 0.480 e. The van der Waals surface area contributed by atoms with E-state index in [4.69, 9.17) is 9.84 Å². The monoisotopic (exact) mass is 356 g/mol. The van der Waals surface area contributed by atoms with E-state index in [0.717, 1.165) is 0 Å². The normalized spacial score (nSPS) is 16.5. The Balaban J connectivity index is 4.42. The Bertz CT molecular complexity index is 414. The molecule has 0 fully saturated rings. The molecule has 0 aromatic heterocycles. The summed E-state index contributed by atoms with van der Waals surface area (Å²) in [5.74, 6) is 0.295. The zero-order valence-electron chi connectivity index (χ0n) is 14.2.